The number of thiophene rings is 1. The first-order valence-corrected chi connectivity index (χ1v) is 10.4. The van der Waals surface area contributed by atoms with Gasteiger partial charge in [-0.1, -0.05) is 24.3 Å². The molecule has 0 bridgehead atoms. The fourth-order valence-electron chi connectivity index (χ4n) is 3.58. The Kier molecular flexibility index (Phi) is 6.66. The number of carboxylic acid groups (broad SMARTS) is 1. The minimum Gasteiger partial charge on any atom is -0.481 e. The molecule has 1 aromatic carbocycles. The number of hydrogen-bond donors (Lipinski definition) is 2. The number of carbonyl (C=O) groups excluding carboxylic acids is 2. The van der Waals surface area contributed by atoms with E-state index in [1.807, 2.05) is 0 Å². The van der Waals surface area contributed by atoms with Crippen molar-refractivity contribution in [2.24, 2.45) is 11.8 Å². The van der Waals surface area contributed by atoms with Crippen molar-refractivity contribution >= 4 is 34.2 Å². The molecule has 158 valence electrons. The van der Waals surface area contributed by atoms with E-state index in [9.17, 15) is 23.9 Å². The van der Waals surface area contributed by atoms with Gasteiger partial charge in [-0.15, -0.1) is 11.3 Å². The second kappa shape index (κ2) is 9.21. The summed E-state index contributed by atoms with van der Waals surface area (Å²) in [7, 11) is 0. The number of carbonyl (C=O) groups is 3. The summed E-state index contributed by atoms with van der Waals surface area (Å²) in [5.74, 6) is -4.04. The number of benzene rings is 1. The fraction of sp³-hybridized carbons (Fsp3) is 0.318. The molecule has 2 aromatic rings. The summed E-state index contributed by atoms with van der Waals surface area (Å²) in [5.41, 5.74) is 1.38. The van der Waals surface area contributed by atoms with Gasteiger partial charge in [-0.05, 0) is 44.4 Å². The number of allylic oxidation sites excluding steroid dienone is 2. The lowest BCUT2D eigenvalue weighted by atomic mass is 9.82. The molecule has 1 aliphatic carbocycles. The molecule has 0 radical (unpaired) electrons. The van der Waals surface area contributed by atoms with Crippen molar-refractivity contribution in [1.29, 1.82) is 0 Å². The maximum absolute atomic E-state index is 13.4. The standard InChI is InChI=1S/C22H22FNO5S/c1-3-29-22(28)18-17(13-8-10-14(23)11-9-13)12(2)30-20(18)24-19(25)15-6-4-5-7-16(15)21(26)27/h4-5,8-11,15-16H,3,6-7H2,1-2H3,(H,24,25)(H,26,27)/t15-,16-/m1/s1. The van der Waals surface area contributed by atoms with Crippen LogP contribution in [0, 0.1) is 24.6 Å². The Labute approximate surface area is 177 Å². The molecule has 1 heterocycles. The normalized spacial score (nSPS) is 18.1. The van der Waals surface area contributed by atoms with Crippen LogP contribution in [0.5, 0.6) is 0 Å². The van der Waals surface area contributed by atoms with Crippen LogP contribution in [0.1, 0.15) is 35.0 Å². The molecule has 8 heteroatoms. The molecular formula is C22H22FNO5S. The number of halogens is 1. The van der Waals surface area contributed by atoms with E-state index >= 15 is 0 Å². The number of amides is 1. The molecule has 6 nitrogen and oxygen atoms in total. The zero-order valence-electron chi connectivity index (χ0n) is 16.6. The number of aryl methyl sites for hydroxylation is 1. The van der Waals surface area contributed by atoms with Crippen molar-refractivity contribution in [3.05, 3.63) is 52.7 Å². The zero-order chi connectivity index (χ0) is 21.8. The lowest BCUT2D eigenvalue weighted by Crippen LogP contribution is -2.34. The molecule has 0 saturated heterocycles. The van der Waals surface area contributed by atoms with Crippen LogP contribution in [-0.2, 0) is 14.3 Å². The van der Waals surface area contributed by atoms with E-state index in [0.717, 1.165) is 4.88 Å². The maximum atomic E-state index is 13.4. The third-order valence-corrected chi connectivity index (χ3v) is 6.04. The molecular weight excluding hydrogens is 409 g/mol. The van der Waals surface area contributed by atoms with Crippen LogP contribution in [0.25, 0.3) is 11.1 Å². The quantitative estimate of drug-likeness (QED) is 0.513. The van der Waals surface area contributed by atoms with Gasteiger partial charge < -0.3 is 15.2 Å². The van der Waals surface area contributed by atoms with Gasteiger partial charge in [0.25, 0.3) is 0 Å². The van der Waals surface area contributed by atoms with Gasteiger partial charge in [0.2, 0.25) is 5.91 Å². The van der Waals surface area contributed by atoms with Crippen LogP contribution in [0.15, 0.2) is 36.4 Å². The number of aliphatic carboxylic acids is 1. The van der Waals surface area contributed by atoms with Gasteiger partial charge in [-0.25, -0.2) is 9.18 Å². The first-order chi connectivity index (χ1) is 14.3. The van der Waals surface area contributed by atoms with E-state index in [4.69, 9.17) is 4.74 Å². The van der Waals surface area contributed by atoms with Crippen molar-refractivity contribution in [2.75, 3.05) is 11.9 Å². The molecule has 0 fully saturated rings. The Morgan fingerprint density at radius 1 is 1.17 bits per heavy atom. The van der Waals surface area contributed by atoms with Gasteiger partial charge in [-0.2, -0.15) is 0 Å². The molecule has 0 saturated carbocycles. The fourth-order valence-corrected chi connectivity index (χ4v) is 4.64. The highest BCUT2D eigenvalue weighted by Crippen LogP contribution is 2.41. The predicted molar refractivity (Wildman–Crippen MR) is 112 cm³/mol. The van der Waals surface area contributed by atoms with Gasteiger partial charge in [0.1, 0.15) is 16.4 Å². The predicted octanol–water partition coefficient (Wildman–Crippen LogP) is 4.64. The van der Waals surface area contributed by atoms with Crippen LogP contribution in [-0.4, -0.2) is 29.6 Å². The lowest BCUT2D eigenvalue weighted by Gasteiger charge is -2.24. The summed E-state index contributed by atoms with van der Waals surface area (Å²) in [6.07, 6.45) is 4.14. The number of esters is 1. The Morgan fingerprint density at radius 3 is 2.40 bits per heavy atom. The highest BCUT2D eigenvalue weighted by Gasteiger charge is 2.35. The molecule has 0 unspecified atom stereocenters. The summed E-state index contributed by atoms with van der Waals surface area (Å²) in [6, 6.07) is 5.72. The summed E-state index contributed by atoms with van der Waals surface area (Å²) < 4.78 is 18.6. The van der Waals surface area contributed by atoms with Gasteiger partial charge in [-0.3, -0.25) is 9.59 Å². The molecule has 30 heavy (non-hydrogen) atoms. The number of rotatable bonds is 6. The first kappa shape index (κ1) is 21.7. The number of carboxylic acids is 1. The Bertz CT molecular complexity index is 996. The van der Waals surface area contributed by atoms with Crippen molar-refractivity contribution < 1.29 is 28.6 Å². The second-order valence-corrected chi connectivity index (χ2v) is 8.17. The maximum Gasteiger partial charge on any atom is 0.341 e. The van der Waals surface area contributed by atoms with Crippen molar-refractivity contribution in [2.45, 2.75) is 26.7 Å². The number of nitrogens with one attached hydrogen (secondary N) is 1. The highest BCUT2D eigenvalue weighted by atomic mass is 32.1. The summed E-state index contributed by atoms with van der Waals surface area (Å²) in [4.78, 5) is 37.9. The third kappa shape index (κ3) is 4.43. The first-order valence-electron chi connectivity index (χ1n) is 9.58. The van der Waals surface area contributed by atoms with Gasteiger partial charge in [0, 0.05) is 10.4 Å². The van der Waals surface area contributed by atoms with Gasteiger partial charge in [0.05, 0.1) is 18.4 Å². The van der Waals surface area contributed by atoms with E-state index < -0.39 is 35.5 Å². The molecule has 3 rings (SSSR count). The molecule has 0 spiro atoms. The minimum absolute atomic E-state index is 0.151. The number of hydrogen-bond acceptors (Lipinski definition) is 5. The zero-order valence-corrected chi connectivity index (χ0v) is 17.4. The molecule has 1 aromatic heterocycles. The molecule has 2 N–H and O–H groups in total. The Hall–Kier alpha value is -3.00. The Morgan fingerprint density at radius 2 is 1.80 bits per heavy atom. The topological polar surface area (TPSA) is 92.7 Å². The highest BCUT2D eigenvalue weighted by molar-refractivity contribution is 7.17. The molecule has 2 atom stereocenters. The average molecular weight is 431 g/mol. The Balaban J connectivity index is 2.00. The SMILES string of the molecule is CCOC(=O)c1c(NC(=O)[C@@H]2CC=CC[C@H]2C(=O)O)sc(C)c1-c1ccc(F)cc1. The summed E-state index contributed by atoms with van der Waals surface area (Å²) in [5, 5.41) is 12.5. The van der Waals surface area contributed by atoms with Crippen molar-refractivity contribution in [1.82, 2.24) is 0 Å². The monoisotopic (exact) mass is 431 g/mol. The number of ether oxygens (including phenoxy) is 1. The van der Waals surface area contributed by atoms with Crippen LogP contribution in [0.2, 0.25) is 0 Å². The van der Waals surface area contributed by atoms with E-state index in [2.05, 4.69) is 5.32 Å². The largest absolute Gasteiger partial charge is 0.481 e. The van der Waals surface area contributed by atoms with Gasteiger partial charge >= 0.3 is 11.9 Å². The van der Waals surface area contributed by atoms with Crippen LogP contribution >= 0.6 is 11.3 Å². The molecule has 0 aliphatic heterocycles. The van der Waals surface area contributed by atoms with E-state index in [0.29, 0.717) is 22.5 Å². The second-order valence-electron chi connectivity index (χ2n) is 6.95. The van der Waals surface area contributed by atoms with E-state index in [-0.39, 0.29) is 18.6 Å². The summed E-state index contributed by atoms with van der Waals surface area (Å²) >= 11 is 1.20. The van der Waals surface area contributed by atoms with E-state index in [1.165, 1.54) is 23.5 Å². The van der Waals surface area contributed by atoms with Crippen LogP contribution in [0.3, 0.4) is 0 Å². The minimum atomic E-state index is -1.03. The van der Waals surface area contributed by atoms with Crippen LogP contribution < -0.4 is 5.32 Å². The third-order valence-electron chi connectivity index (χ3n) is 5.02. The smallest absolute Gasteiger partial charge is 0.341 e. The van der Waals surface area contributed by atoms with E-state index in [1.54, 1.807) is 38.1 Å². The average Bonchev–Trinajstić information content (AvgIpc) is 3.04. The van der Waals surface area contributed by atoms with Gasteiger partial charge in [0.15, 0.2) is 0 Å². The summed E-state index contributed by atoms with van der Waals surface area (Å²) in [6.45, 7) is 3.63. The van der Waals surface area contributed by atoms with Crippen molar-refractivity contribution in [3.63, 3.8) is 0 Å². The van der Waals surface area contributed by atoms with Crippen LogP contribution in [0.4, 0.5) is 9.39 Å². The number of anilines is 1. The lowest BCUT2D eigenvalue weighted by molar-refractivity contribution is -0.146. The molecule has 1 amide bonds. The molecule has 1 aliphatic rings. The van der Waals surface area contributed by atoms with Crippen molar-refractivity contribution in [3.8, 4) is 11.1 Å².